The molecule has 0 saturated carbocycles. The summed E-state index contributed by atoms with van der Waals surface area (Å²) in [6.07, 6.45) is 2.68. The third-order valence-corrected chi connectivity index (χ3v) is 3.84. The van der Waals surface area contributed by atoms with Crippen molar-refractivity contribution in [1.82, 2.24) is 10.2 Å². The molecule has 0 spiro atoms. The van der Waals surface area contributed by atoms with Gasteiger partial charge in [0.2, 0.25) is 5.91 Å². The van der Waals surface area contributed by atoms with E-state index in [1.165, 1.54) is 18.2 Å². The molecular formula is C15H19F2N3O. The molecule has 0 bridgehead atoms. The molecule has 0 radical (unpaired) electrons. The predicted molar refractivity (Wildman–Crippen MR) is 77.5 cm³/mol. The van der Waals surface area contributed by atoms with Crippen molar-refractivity contribution in [2.75, 3.05) is 26.4 Å². The van der Waals surface area contributed by atoms with E-state index in [4.69, 9.17) is 5.73 Å². The first-order valence-electron chi connectivity index (χ1n) is 6.80. The third kappa shape index (κ3) is 3.15. The number of nitrogens with zero attached hydrogens (tertiary/aromatic N) is 1. The molecule has 1 heterocycles. The number of likely N-dealkylation sites (N-methyl/N-ethyl adjacent to an activating group) is 2. The van der Waals surface area contributed by atoms with Gasteiger partial charge in [-0.2, -0.15) is 0 Å². The Balaban J connectivity index is 2.22. The van der Waals surface area contributed by atoms with E-state index in [1.54, 1.807) is 7.05 Å². The lowest BCUT2D eigenvalue weighted by atomic mass is 9.88. The maximum atomic E-state index is 14.1. The van der Waals surface area contributed by atoms with Crippen LogP contribution in [-0.4, -0.2) is 31.4 Å². The highest BCUT2D eigenvalue weighted by Gasteiger charge is 2.27. The number of hydrogen-bond donors (Lipinski definition) is 2. The van der Waals surface area contributed by atoms with Crippen LogP contribution in [0.15, 0.2) is 23.9 Å². The Morgan fingerprint density at radius 2 is 2.19 bits per heavy atom. The molecule has 1 saturated heterocycles. The fourth-order valence-electron chi connectivity index (χ4n) is 2.65. The molecule has 3 N–H and O–H groups in total. The number of halogens is 2. The van der Waals surface area contributed by atoms with Crippen molar-refractivity contribution in [3.05, 3.63) is 41.1 Å². The number of nitrogens with one attached hydrogen (secondary N) is 1. The van der Waals surface area contributed by atoms with Crippen molar-refractivity contribution in [3.63, 3.8) is 0 Å². The zero-order chi connectivity index (χ0) is 15.6. The van der Waals surface area contributed by atoms with Crippen molar-refractivity contribution >= 4 is 11.6 Å². The standard InChI is InChI=1S/C15H19F2N3O/c1-19-13(21)7-10-4-3-9(8-20(10)2)14-11(16)5-6-12(18)15(14)17/h5-7,9H,3-4,8,18H2,1-2H3,(H,19,21). The van der Waals surface area contributed by atoms with Gasteiger partial charge in [-0.25, -0.2) is 8.78 Å². The summed E-state index contributed by atoms with van der Waals surface area (Å²) in [6, 6.07) is 2.43. The van der Waals surface area contributed by atoms with E-state index in [2.05, 4.69) is 5.32 Å². The lowest BCUT2D eigenvalue weighted by Gasteiger charge is -2.34. The van der Waals surface area contributed by atoms with Gasteiger partial charge in [0.05, 0.1) is 5.69 Å². The summed E-state index contributed by atoms with van der Waals surface area (Å²) < 4.78 is 28.0. The molecule has 1 atom stereocenters. The van der Waals surface area contributed by atoms with Crippen LogP contribution >= 0.6 is 0 Å². The van der Waals surface area contributed by atoms with E-state index in [0.717, 1.165) is 5.70 Å². The summed E-state index contributed by atoms with van der Waals surface area (Å²) in [7, 11) is 3.37. The summed E-state index contributed by atoms with van der Waals surface area (Å²) in [6.45, 7) is 0.445. The fourth-order valence-corrected chi connectivity index (χ4v) is 2.65. The zero-order valence-electron chi connectivity index (χ0n) is 12.1. The molecule has 0 aliphatic carbocycles. The molecule has 1 amide bonds. The van der Waals surface area contributed by atoms with Crippen LogP contribution < -0.4 is 11.1 Å². The summed E-state index contributed by atoms with van der Waals surface area (Å²) in [4.78, 5) is 13.2. The second kappa shape index (κ2) is 6.11. The minimum absolute atomic E-state index is 0.0410. The first-order valence-corrected chi connectivity index (χ1v) is 6.80. The van der Waals surface area contributed by atoms with Crippen molar-refractivity contribution in [1.29, 1.82) is 0 Å². The van der Waals surface area contributed by atoms with Gasteiger partial charge in [0.15, 0.2) is 5.82 Å². The van der Waals surface area contributed by atoms with Gasteiger partial charge < -0.3 is 16.0 Å². The second-order valence-corrected chi connectivity index (χ2v) is 5.23. The van der Waals surface area contributed by atoms with Crippen LogP contribution in [0.3, 0.4) is 0 Å². The van der Waals surface area contributed by atoms with Gasteiger partial charge in [-0.15, -0.1) is 0 Å². The lowest BCUT2D eigenvalue weighted by molar-refractivity contribution is -0.116. The first kappa shape index (κ1) is 15.3. The molecule has 1 aliphatic rings. The van der Waals surface area contributed by atoms with Gasteiger partial charge >= 0.3 is 0 Å². The molecule has 114 valence electrons. The number of piperidine rings is 1. The minimum atomic E-state index is -0.674. The Morgan fingerprint density at radius 3 is 2.81 bits per heavy atom. The molecule has 1 aliphatic heterocycles. The van der Waals surface area contributed by atoms with Crippen molar-refractivity contribution in [3.8, 4) is 0 Å². The molecule has 1 aromatic rings. The van der Waals surface area contributed by atoms with E-state index in [9.17, 15) is 13.6 Å². The highest BCUT2D eigenvalue weighted by atomic mass is 19.1. The Labute approximate surface area is 122 Å². The van der Waals surface area contributed by atoms with Crippen LogP contribution in [-0.2, 0) is 4.79 Å². The van der Waals surface area contributed by atoms with E-state index < -0.39 is 11.6 Å². The largest absolute Gasteiger partial charge is 0.396 e. The third-order valence-electron chi connectivity index (χ3n) is 3.84. The van der Waals surface area contributed by atoms with Crippen LogP contribution in [0.2, 0.25) is 0 Å². The number of carbonyl (C=O) groups is 1. The lowest BCUT2D eigenvalue weighted by Crippen LogP contribution is -2.31. The summed E-state index contributed by atoms with van der Waals surface area (Å²) in [5.74, 6) is -1.71. The monoisotopic (exact) mass is 295 g/mol. The highest BCUT2D eigenvalue weighted by molar-refractivity contribution is 5.87. The van der Waals surface area contributed by atoms with E-state index >= 15 is 0 Å². The van der Waals surface area contributed by atoms with Gasteiger partial charge in [0.1, 0.15) is 5.82 Å². The first-order chi connectivity index (χ1) is 9.93. The summed E-state index contributed by atoms with van der Waals surface area (Å²) in [5.41, 5.74) is 6.38. The quantitative estimate of drug-likeness (QED) is 0.648. The van der Waals surface area contributed by atoms with Crippen LogP contribution in [0.25, 0.3) is 0 Å². The molecule has 4 nitrogen and oxygen atoms in total. The van der Waals surface area contributed by atoms with Gasteiger partial charge in [-0.3, -0.25) is 4.79 Å². The summed E-state index contributed by atoms with van der Waals surface area (Å²) in [5, 5.41) is 2.52. The summed E-state index contributed by atoms with van der Waals surface area (Å²) >= 11 is 0. The number of amides is 1. The smallest absolute Gasteiger partial charge is 0.245 e. The molecule has 1 unspecified atom stereocenters. The number of rotatable bonds is 2. The predicted octanol–water partition coefficient (Wildman–Crippen LogP) is 1.99. The molecular weight excluding hydrogens is 276 g/mol. The van der Waals surface area contributed by atoms with Gasteiger partial charge in [0, 0.05) is 43.9 Å². The van der Waals surface area contributed by atoms with E-state index in [0.29, 0.717) is 19.4 Å². The Hall–Kier alpha value is -2.11. The number of likely N-dealkylation sites (tertiary alicyclic amines) is 1. The number of nitrogens with two attached hydrogens (primary N) is 1. The minimum Gasteiger partial charge on any atom is -0.396 e. The second-order valence-electron chi connectivity index (χ2n) is 5.23. The molecule has 21 heavy (non-hydrogen) atoms. The molecule has 1 aromatic carbocycles. The zero-order valence-corrected chi connectivity index (χ0v) is 12.1. The van der Waals surface area contributed by atoms with Crippen molar-refractivity contribution in [2.24, 2.45) is 0 Å². The highest BCUT2D eigenvalue weighted by Crippen LogP contribution is 2.35. The molecule has 2 rings (SSSR count). The molecule has 0 aromatic heterocycles. The van der Waals surface area contributed by atoms with Crippen LogP contribution in [0.4, 0.5) is 14.5 Å². The SMILES string of the molecule is CNC(=O)C=C1CCC(c2c(F)ccc(N)c2F)CN1C. The van der Waals surface area contributed by atoms with Crippen LogP contribution in [0.1, 0.15) is 24.3 Å². The molecule has 6 heteroatoms. The molecule has 1 fully saturated rings. The van der Waals surface area contributed by atoms with Crippen LogP contribution in [0.5, 0.6) is 0 Å². The van der Waals surface area contributed by atoms with Crippen molar-refractivity contribution in [2.45, 2.75) is 18.8 Å². The number of benzene rings is 1. The van der Waals surface area contributed by atoms with Crippen molar-refractivity contribution < 1.29 is 13.6 Å². The number of allylic oxidation sites excluding steroid dienone is 1. The van der Waals surface area contributed by atoms with E-state index in [1.807, 2.05) is 11.9 Å². The van der Waals surface area contributed by atoms with Gasteiger partial charge in [0.25, 0.3) is 0 Å². The maximum absolute atomic E-state index is 14.1. The normalized spacial score (nSPS) is 20.7. The average molecular weight is 295 g/mol. The van der Waals surface area contributed by atoms with E-state index in [-0.39, 0.29) is 23.1 Å². The van der Waals surface area contributed by atoms with Gasteiger partial charge in [-0.1, -0.05) is 0 Å². The van der Waals surface area contributed by atoms with Crippen LogP contribution in [0, 0.1) is 11.6 Å². The average Bonchev–Trinajstić information content (AvgIpc) is 2.46. The van der Waals surface area contributed by atoms with Gasteiger partial charge in [-0.05, 0) is 25.0 Å². The Kier molecular flexibility index (Phi) is 4.45. The Morgan fingerprint density at radius 1 is 1.48 bits per heavy atom. The number of carbonyl (C=O) groups excluding carboxylic acids is 1. The topological polar surface area (TPSA) is 58.4 Å². The number of anilines is 1. The number of nitrogen functional groups attached to an aromatic ring is 1. The fraction of sp³-hybridized carbons (Fsp3) is 0.400. The maximum Gasteiger partial charge on any atom is 0.245 e. The number of hydrogen-bond acceptors (Lipinski definition) is 3. The Bertz CT molecular complexity index is 587.